The normalized spacial score (nSPS) is 17.0. The van der Waals surface area contributed by atoms with Crippen molar-refractivity contribution in [2.45, 2.75) is 12.8 Å². The topological polar surface area (TPSA) is 71.1 Å². The molecular formula is C9H12N4O. The van der Waals surface area contributed by atoms with E-state index >= 15 is 0 Å². The molecule has 2 aromatic rings. The lowest BCUT2D eigenvalue weighted by atomic mass is 10.4. The van der Waals surface area contributed by atoms with Crippen LogP contribution < -0.4 is 10.6 Å². The number of nitrogens with one attached hydrogen (secondary N) is 1. The van der Waals surface area contributed by atoms with Gasteiger partial charge in [0.15, 0.2) is 5.88 Å². The number of aromatic amines is 1. The third-order valence-corrected chi connectivity index (χ3v) is 2.60. The van der Waals surface area contributed by atoms with Crippen molar-refractivity contribution < 1.29 is 4.42 Å². The van der Waals surface area contributed by atoms with E-state index in [0.717, 1.165) is 24.5 Å². The molecule has 0 atom stereocenters. The summed E-state index contributed by atoms with van der Waals surface area (Å²) in [5, 5.41) is 0. The van der Waals surface area contributed by atoms with E-state index in [9.17, 15) is 0 Å². The Hall–Kier alpha value is -1.65. The van der Waals surface area contributed by atoms with Gasteiger partial charge < -0.3 is 20.0 Å². The van der Waals surface area contributed by atoms with Crippen LogP contribution in [0.25, 0.3) is 11.2 Å². The van der Waals surface area contributed by atoms with E-state index in [-0.39, 0.29) is 0 Å². The average molecular weight is 192 g/mol. The van der Waals surface area contributed by atoms with Gasteiger partial charge in [0.05, 0.1) is 0 Å². The predicted molar refractivity (Wildman–Crippen MR) is 54.2 cm³/mol. The number of nitrogens with two attached hydrogens (primary N) is 1. The number of furan rings is 1. The lowest BCUT2D eigenvalue weighted by Crippen LogP contribution is -2.16. The van der Waals surface area contributed by atoms with E-state index in [1.54, 1.807) is 0 Å². The lowest BCUT2D eigenvalue weighted by molar-refractivity contribution is 0.590. The Labute approximate surface area is 80.9 Å². The lowest BCUT2D eigenvalue weighted by Gasteiger charge is -2.11. The molecule has 0 bridgehead atoms. The zero-order chi connectivity index (χ0) is 9.54. The maximum atomic E-state index is 5.58. The molecule has 74 valence electrons. The Morgan fingerprint density at radius 1 is 1.43 bits per heavy atom. The maximum Gasteiger partial charge on any atom is 0.248 e. The van der Waals surface area contributed by atoms with Crippen molar-refractivity contribution in [2.75, 3.05) is 23.7 Å². The fraction of sp³-hybridized carbons (Fsp3) is 0.444. The summed E-state index contributed by atoms with van der Waals surface area (Å²) in [6, 6.07) is 1.96. The van der Waals surface area contributed by atoms with Crippen molar-refractivity contribution in [2.24, 2.45) is 0 Å². The first kappa shape index (κ1) is 7.73. The molecule has 1 aliphatic heterocycles. The van der Waals surface area contributed by atoms with Gasteiger partial charge in [-0.3, -0.25) is 0 Å². The van der Waals surface area contributed by atoms with Gasteiger partial charge in [-0.1, -0.05) is 0 Å². The Balaban J connectivity index is 2.01. The molecule has 1 saturated heterocycles. The van der Waals surface area contributed by atoms with E-state index in [4.69, 9.17) is 10.2 Å². The third kappa shape index (κ3) is 1.05. The van der Waals surface area contributed by atoms with Crippen LogP contribution in [0.5, 0.6) is 0 Å². The van der Waals surface area contributed by atoms with Crippen molar-refractivity contribution in [1.29, 1.82) is 0 Å². The number of fused-ring (bicyclic) bond motifs is 1. The number of rotatable bonds is 1. The summed E-state index contributed by atoms with van der Waals surface area (Å²) in [6.45, 7) is 2.15. The van der Waals surface area contributed by atoms with E-state index in [1.165, 1.54) is 12.8 Å². The van der Waals surface area contributed by atoms with Crippen LogP contribution >= 0.6 is 0 Å². The van der Waals surface area contributed by atoms with Crippen molar-refractivity contribution in [3.63, 3.8) is 0 Å². The highest BCUT2D eigenvalue weighted by atomic mass is 16.4. The molecule has 14 heavy (non-hydrogen) atoms. The molecule has 5 nitrogen and oxygen atoms in total. The molecule has 5 heteroatoms. The monoisotopic (exact) mass is 192 g/mol. The first-order chi connectivity index (χ1) is 6.83. The van der Waals surface area contributed by atoms with Crippen LogP contribution in [0, 0.1) is 0 Å². The molecule has 3 heterocycles. The molecular weight excluding hydrogens is 180 g/mol. The predicted octanol–water partition coefficient (Wildman–Crippen LogP) is 1.34. The van der Waals surface area contributed by atoms with E-state index in [1.807, 2.05) is 6.07 Å². The van der Waals surface area contributed by atoms with Gasteiger partial charge in [0.1, 0.15) is 5.52 Å². The molecule has 0 aromatic carbocycles. The van der Waals surface area contributed by atoms with Crippen molar-refractivity contribution in [1.82, 2.24) is 9.97 Å². The highest BCUT2D eigenvalue weighted by molar-refractivity contribution is 5.76. The minimum Gasteiger partial charge on any atom is -0.420 e. The van der Waals surface area contributed by atoms with Crippen LogP contribution in [0.2, 0.25) is 0 Å². The van der Waals surface area contributed by atoms with Crippen LogP contribution in [0.3, 0.4) is 0 Å². The van der Waals surface area contributed by atoms with Gasteiger partial charge in [-0.2, -0.15) is 4.98 Å². The molecule has 3 N–H and O–H groups in total. The highest BCUT2D eigenvalue weighted by Crippen LogP contribution is 2.27. The largest absolute Gasteiger partial charge is 0.420 e. The van der Waals surface area contributed by atoms with Crippen LogP contribution in [0.4, 0.5) is 11.8 Å². The summed E-state index contributed by atoms with van der Waals surface area (Å²) >= 11 is 0. The van der Waals surface area contributed by atoms with Crippen molar-refractivity contribution in [3.05, 3.63) is 6.07 Å². The van der Waals surface area contributed by atoms with Crippen LogP contribution in [0.1, 0.15) is 12.8 Å². The van der Waals surface area contributed by atoms with Gasteiger partial charge >= 0.3 is 0 Å². The number of nitrogen functional groups attached to an aromatic ring is 1. The second kappa shape index (κ2) is 2.67. The number of aromatic nitrogens is 2. The summed E-state index contributed by atoms with van der Waals surface area (Å²) in [5.41, 5.74) is 6.98. The van der Waals surface area contributed by atoms with Crippen LogP contribution in [-0.4, -0.2) is 23.1 Å². The fourth-order valence-electron chi connectivity index (χ4n) is 1.91. The first-order valence-electron chi connectivity index (χ1n) is 4.83. The van der Waals surface area contributed by atoms with Crippen molar-refractivity contribution >= 4 is 23.1 Å². The van der Waals surface area contributed by atoms with Gasteiger partial charge in [0.25, 0.3) is 0 Å². The zero-order valence-electron chi connectivity index (χ0n) is 7.79. The second-order valence-electron chi connectivity index (χ2n) is 3.62. The number of nitrogens with zero attached hydrogens (tertiary/aromatic N) is 2. The quantitative estimate of drug-likeness (QED) is 0.715. The van der Waals surface area contributed by atoms with Gasteiger partial charge in [-0.25, -0.2) is 0 Å². The molecule has 0 aliphatic carbocycles. The Bertz CT molecular complexity index is 421. The number of H-pyrrole nitrogens is 1. The second-order valence-corrected chi connectivity index (χ2v) is 3.62. The minimum atomic E-state index is 0.409. The molecule has 1 fully saturated rings. The first-order valence-corrected chi connectivity index (χ1v) is 4.83. The standard InChI is InChI=1S/C9H12N4O/c10-9-11-6-5-7(14-8(6)12-9)13-3-1-2-4-13/h5H,1-4H2,(H3,10,11,12). The summed E-state index contributed by atoms with van der Waals surface area (Å²) in [4.78, 5) is 9.21. The Morgan fingerprint density at radius 2 is 2.21 bits per heavy atom. The molecule has 0 unspecified atom stereocenters. The molecule has 0 saturated carbocycles. The number of hydrogen-bond acceptors (Lipinski definition) is 4. The number of anilines is 2. The zero-order valence-corrected chi connectivity index (χ0v) is 7.79. The smallest absolute Gasteiger partial charge is 0.248 e. The van der Waals surface area contributed by atoms with Gasteiger partial charge in [0.2, 0.25) is 11.7 Å². The highest BCUT2D eigenvalue weighted by Gasteiger charge is 2.17. The van der Waals surface area contributed by atoms with Gasteiger partial charge in [0, 0.05) is 19.2 Å². The van der Waals surface area contributed by atoms with Gasteiger partial charge in [-0.15, -0.1) is 0 Å². The summed E-state index contributed by atoms with van der Waals surface area (Å²) < 4.78 is 5.58. The van der Waals surface area contributed by atoms with Crippen molar-refractivity contribution in [3.8, 4) is 0 Å². The molecule has 2 aromatic heterocycles. The van der Waals surface area contributed by atoms with E-state index in [0.29, 0.717) is 11.7 Å². The van der Waals surface area contributed by atoms with Crippen LogP contribution in [0.15, 0.2) is 10.5 Å². The Morgan fingerprint density at radius 3 is 2.93 bits per heavy atom. The van der Waals surface area contributed by atoms with Crippen LogP contribution in [-0.2, 0) is 0 Å². The maximum absolute atomic E-state index is 5.58. The summed E-state index contributed by atoms with van der Waals surface area (Å²) in [7, 11) is 0. The van der Waals surface area contributed by atoms with E-state index < -0.39 is 0 Å². The molecule has 3 rings (SSSR count). The molecule has 0 radical (unpaired) electrons. The van der Waals surface area contributed by atoms with E-state index in [2.05, 4.69) is 14.9 Å². The minimum absolute atomic E-state index is 0.409. The molecule has 1 aliphatic rings. The third-order valence-electron chi connectivity index (χ3n) is 2.60. The number of imidazole rings is 1. The SMILES string of the molecule is Nc1nc2oc(N3CCCC3)cc2[nH]1. The average Bonchev–Trinajstić information content (AvgIpc) is 2.74. The summed E-state index contributed by atoms with van der Waals surface area (Å²) in [5.74, 6) is 1.31. The molecule has 0 amide bonds. The summed E-state index contributed by atoms with van der Waals surface area (Å²) in [6.07, 6.45) is 2.48. The number of hydrogen-bond donors (Lipinski definition) is 2. The Kier molecular flexibility index (Phi) is 1.47. The molecule has 0 spiro atoms. The van der Waals surface area contributed by atoms with Gasteiger partial charge in [-0.05, 0) is 12.8 Å². The fourth-order valence-corrected chi connectivity index (χ4v) is 1.91.